The summed E-state index contributed by atoms with van der Waals surface area (Å²) >= 11 is 0. The first-order chi connectivity index (χ1) is 10.3. The molecule has 1 amide bonds. The van der Waals surface area contributed by atoms with Gasteiger partial charge in [0, 0.05) is 6.20 Å². The standard InChI is InChI=1S/C13H11F3N4O2/c14-13(15,16)7-1-2-9(8(5-7)12(18)21)22-6-11-19-4-3-10(17)20-11/h1-5H,6H2,(H2,18,21)(H2,17,19,20). The first-order valence-corrected chi connectivity index (χ1v) is 5.98. The Morgan fingerprint density at radius 3 is 2.59 bits per heavy atom. The molecule has 0 aliphatic heterocycles. The number of carbonyl (C=O) groups is 1. The molecule has 116 valence electrons. The number of primary amides is 1. The van der Waals surface area contributed by atoms with Crippen molar-refractivity contribution in [3.8, 4) is 5.75 Å². The zero-order chi connectivity index (χ0) is 16.3. The number of hydrogen-bond acceptors (Lipinski definition) is 5. The Hall–Kier alpha value is -2.84. The number of ether oxygens (including phenoxy) is 1. The van der Waals surface area contributed by atoms with E-state index in [2.05, 4.69) is 9.97 Å². The van der Waals surface area contributed by atoms with Crippen LogP contribution in [-0.4, -0.2) is 15.9 Å². The van der Waals surface area contributed by atoms with Crippen molar-refractivity contribution in [2.75, 3.05) is 5.73 Å². The normalized spacial score (nSPS) is 11.2. The van der Waals surface area contributed by atoms with Gasteiger partial charge in [0.1, 0.15) is 18.2 Å². The fourth-order valence-electron chi connectivity index (χ4n) is 1.65. The second-order valence-corrected chi connectivity index (χ2v) is 4.26. The minimum atomic E-state index is -4.58. The highest BCUT2D eigenvalue weighted by Gasteiger charge is 2.31. The lowest BCUT2D eigenvalue weighted by Gasteiger charge is -2.12. The molecule has 4 N–H and O–H groups in total. The molecule has 0 atom stereocenters. The van der Waals surface area contributed by atoms with Crippen molar-refractivity contribution in [2.24, 2.45) is 5.73 Å². The number of nitrogens with zero attached hydrogens (tertiary/aromatic N) is 2. The van der Waals surface area contributed by atoms with Gasteiger partial charge < -0.3 is 16.2 Å². The fraction of sp³-hybridized carbons (Fsp3) is 0.154. The predicted molar refractivity (Wildman–Crippen MR) is 70.7 cm³/mol. The van der Waals surface area contributed by atoms with Gasteiger partial charge in [0.15, 0.2) is 5.82 Å². The highest BCUT2D eigenvalue weighted by atomic mass is 19.4. The molecule has 0 bridgehead atoms. The third-order valence-electron chi connectivity index (χ3n) is 2.66. The average molecular weight is 312 g/mol. The van der Waals surface area contributed by atoms with E-state index in [1.807, 2.05) is 0 Å². The zero-order valence-electron chi connectivity index (χ0n) is 11.1. The monoisotopic (exact) mass is 312 g/mol. The van der Waals surface area contributed by atoms with Crippen LogP contribution in [0.5, 0.6) is 5.75 Å². The third kappa shape index (κ3) is 3.62. The lowest BCUT2D eigenvalue weighted by atomic mass is 10.1. The first-order valence-electron chi connectivity index (χ1n) is 5.98. The maximum absolute atomic E-state index is 12.6. The van der Waals surface area contributed by atoms with Crippen LogP contribution in [0.15, 0.2) is 30.5 Å². The molecule has 22 heavy (non-hydrogen) atoms. The Kier molecular flexibility index (Phi) is 4.15. The Morgan fingerprint density at radius 1 is 1.27 bits per heavy atom. The van der Waals surface area contributed by atoms with E-state index in [1.165, 1.54) is 12.3 Å². The van der Waals surface area contributed by atoms with Crippen molar-refractivity contribution in [3.05, 3.63) is 47.4 Å². The summed E-state index contributed by atoms with van der Waals surface area (Å²) in [6.45, 7) is -0.170. The number of nitrogens with two attached hydrogens (primary N) is 2. The number of alkyl halides is 3. The lowest BCUT2D eigenvalue weighted by Crippen LogP contribution is -2.16. The average Bonchev–Trinajstić information content (AvgIpc) is 2.44. The van der Waals surface area contributed by atoms with Crippen molar-refractivity contribution in [1.29, 1.82) is 0 Å². The van der Waals surface area contributed by atoms with Crippen LogP contribution in [0.25, 0.3) is 0 Å². The van der Waals surface area contributed by atoms with Gasteiger partial charge in [-0.15, -0.1) is 0 Å². The SMILES string of the molecule is NC(=O)c1cc(C(F)(F)F)ccc1OCc1nccc(N)n1. The third-order valence-corrected chi connectivity index (χ3v) is 2.66. The zero-order valence-corrected chi connectivity index (χ0v) is 11.1. The number of benzene rings is 1. The molecule has 0 saturated carbocycles. The minimum Gasteiger partial charge on any atom is -0.485 e. The van der Waals surface area contributed by atoms with Crippen molar-refractivity contribution in [2.45, 2.75) is 12.8 Å². The van der Waals surface area contributed by atoms with Crippen LogP contribution in [0.1, 0.15) is 21.7 Å². The number of halogens is 3. The Bertz CT molecular complexity index is 704. The van der Waals surface area contributed by atoms with E-state index < -0.39 is 17.6 Å². The number of carbonyl (C=O) groups excluding carboxylic acids is 1. The van der Waals surface area contributed by atoms with Crippen LogP contribution in [0, 0.1) is 0 Å². The van der Waals surface area contributed by atoms with Crippen molar-refractivity contribution in [1.82, 2.24) is 9.97 Å². The molecule has 2 aromatic rings. The molecule has 0 radical (unpaired) electrons. The smallest absolute Gasteiger partial charge is 0.416 e. The van der Waals surface area contributed by atoms with Gasteiger partial charge in [-0.3, -0.25) is 4.79 Å². The number of hydrogen-bond donors (Lipinski definition) is 2. The molecule has 0 aliphatic carbocycles. The summed E-state index contributed by atoms with van der Waals surface area (Å²) in [5.41, 5.74) is 9.18. The van der Waals surface area contributed by atoms with Gasteiger partial charge in [0.2, 0.25) is 0 Å². The Morgan fingerprint density at radius 2 is 2.00 bits per heavy atom. The molecular weight excluding hydrogens is 301 g/mol. The Labute approximate surface area is 122 Å². The van der Waals surface area contributed by atoms with E-state index in [0.29, 0.717) is 6.07 Å². The van der Waals surface area contributed by atoms with Crippen LogP contribution in [0.4, 0.5) is 19.0 Å². The van der Waals surface area contributed by atoms with E-state index in [-0.39, 0.29) is 29.6 Å². The topological polar surface area (TPSA) is 104 Å². The molecule has 2 rings (SSSR count). The van der Waals surface area contributed by atoms with Crippen LogP contribution in [0.3, 0.4) is 0 Å². The summed E-state index contributed by atoms with van der Waals surface area (Å²) in [6.07, 6.45) is -3.18. The molecular formula is C13H11F3N4O2. The molecule has 1 aromatic heterocycles. The molecule has 0 spiro atoms. The molecule has 0 fully saturated rings. The largest absolute Gasteiger partial charge is 0.485 e. The van der Waals surface area contributed by atoms with Crippen molar-refractivity contribution in [3.63, 3.8) is 0 Å². The van der Waals surface area contributed by atoms with Gasteiger partial charge in [-0.05, 0) is 24.3 Å². The first kappa shape index (κ1) is 15.5. The molecule has 1 heterocycles. The number of amides is 1. The van der Waals surface area contributed by atoms with Gasteiger partial charge in [-0.2, -0.15) is 13.2 Å². The lowest BCUT2D eigenvalue weighted by molar-refractivity contribution is -0.137. The summed E-state index contributed by atoms with van der Waals surface area (Å²) < 4.78 is 43.2. The molecule has 6 nitrogen and oxygen atoms in total. The number of rotatable bonds is 4. The fourth-order valence-corrected chi connectivity index (χ4v) is 1.65. The van der Waals surface area contributed by atoms with Crippen molar-refractivity contribution < 1.29 is 22.7 Å². The second-order valence-electron chi connectivity index (χ2n) is 4.26. The maximum Gasteiger partial charge on any atom is 0.416 e. The maximum atomic E-state index is 12.6. The predicted octanol–water partition coefficient (Wildman–Crippen LogP) is 1.76. The number of nitrogen functional groups attached to an aromatic ring is 1. The van der Waals surface area contributed by atoms with Crippen LogP contribution in [-0.2, 0) is 12.8 Å². The van der Waals surface area contributed by atoms with Crippen LogP contribution in [0.2, 0.25) is 0 Å². The van der Waals surface area contributed by atoms with Crippen LogP contribution >= 0.6 is 0 Å². The van der Waals surface area contributed by atoms with E-state index in [9.17, 15) is 18.0 Å². The molecule has 0 aliphatic rings. The molecule has 0 unspecified atom stereocenters. The summed E-state index contributed by atoms with van der Waals surface area (Å²) in [6, 6.07) is 3.92. The van der Waals surface area contributed by atoms with E-state index in [1.54, 1.807) is 0 Å². The number of aromatic nitrogens is 2. The summed E-state index contributed by atoms with van der Waals surface area (Å²) in [5.74, 6) is -0.687. The minimum absolute atomic E-state index is 0.0912. The van der Waals surface area contributed by atoms with Crippen LogP contribution < -0.4 is 16.2 Å². The highest BCUT2D eigenvalue weighted by Crippen LogP contribution is 2.32. The van der Waals surface area contributed by atoms with Gasteiger partial charge in [0.25, 0.3) is 5.91 Å². The second kappa shape index (κ2) is 5.88. The quantitative estimate of drug-likeness (QED) is 0.895. The van der Waals surface area contributed by atoms with E-state index in [0.717, 1.165) is 12.1 Å². The van der Waals surface area contributed by atoms with Crippen molar-refractivity contribution >= 4 is 11.7 Å². The molecule has 1 aromatic carbocycles. The van der Waals surface area contributed by atoms with Gasteiger partial charge in [-0.1, -0.05) is 0 Å². The molecule has 0 saturated heterocycles. The number of anilines is 1. The Balaban J connectivity index is 2.25. The summed E-state index contributed by atoms with van der Waals surface area (Å²) in [5, 5.41) is 0. The molecule has 9 heteroatoms. The van der Waals surface area contributed by atoms with E-state index in [4.69, 9.17) is 16.2 Å². The van der Waals surface area contributed by atoms with Gasteiger partial charge in [-0.25, -0.2) is 9.97 Å². The summed E-state index contributed by atoms with van der Waals surface area (Å²) in [4.78, 5) is 19.0. The van der Waals surface area contributed by atoms with Gasteiger partial charge >= 0.3 is 6.18 Å². The van der Waals surface area contributed by atoms with E-state index >= 15 is 0 Å². The van der Waals surface area contributed by atoms with Gasteiger partial charge in [0.05, 0.1) is 11.1 Å². The summed E-state index contributed by atoms with van der Waals surface area (Å²) in [7, 11) is 0. The highest BCUT2D eigenvalue weighted by molar-refractivity contribution is 5.95.